The third-order valence-electron chi connectivity index (χ3n) is 3.88. The molecule has 2 saturated heterocycles. The molecule has 0 aliphatic carbocycles. The molecular formula is C12H24N2O. The van der Waals surface area contributed by atoms with Gasteiger partial charge in [-0.15, -0.1) is 0 Å². The van der Waals surface area contributed by atoms with Crippen LogP contribution < -0.4 is 5.73 Å². The van der Waals surface area contributed by atoms with E-state index in [-0.39, 0.29) is 0 Å². The van der Waals surface area contributed by atoms with Crippen LogP contribution >= 0.6 is 0 Å². The molecule has 1 atom stereocenters. The summed E-state index contributed by atoms with van der Waals surface area (Å²) in [4.78, 5) is 2.67. The molecule has 0 aromatic carbocycles. The summed E-state index contributed by atoms with van der Waals surface area (Å²) in [6, 6.07) is 0.737. The highest BCUT2D eigenvalue weighted by Gasteiger charge is 2.29. The van der Waals surface area contributed by atoms with Gasteiger partial charge in [-0.3, -0.25) is 0 Å². The molecule has 3 nitrogen and oxygen atoms in total. The van der Waals surface area contributed by atoms with Gasteiger partial charge in [0.1, 0.15) is 0 Å². The first-order valence-corrected chi connectivity index (χ1v) is 6.43. The molecule has 2 fully saturated rings. The van der Waals surface area contributed by atoms with Crippen LogP contribution in [0.3, 0.4) is 0 Å². The van der Waals surface area contributed by atoms with Gasteiger partial charge in [0, 0.05) is 19.3 Å². The van der Waals surface area contributed by atoms with E-state index in [1.54, 1.807) is 0 Å². The quantitative estimate of drug-likeness (QED) is 0.761. The fourth-order valence-corrected chi connectivity index (χ4v) is 3.06. The molecule has 88 valence electrons. The molecule has 3 heteroatoms. The lowest BCUT2D eigenvalue weighted by molar-refractivity contribution is 0.0294. The van der Waals surface area contributed by atoms with Crippen molar-refractivity contribution in [2.75, 3.05) is 32.8 Å². The zero-order chi connectivity index (χ0) is 10.5. The smallest absolute Gasteiger partial charge is 0.0469 e. The van der Waals surface area contributed by atoms with E-state index < -0.39 is 0 Å². The number of ether oxygens (including phenoxy) is 1. The molecular weight excluding hydrogens is 188 g/mol. The fourth-order valence-electron chi connectivity index (χ4n) is 3.06. The zero-order valence-electron chi connectivity index (χ0n) is 9.66. The van der Waals surface area contributed by atoms with Gasteiger partial charge in [-0.05, 0) is 57.7 Å². The topological polar surface area (TPSA) is 38.5 Å². The fraction of sp³-hybridized carbons (Fsp3) is 1.00. The summed E-state index contributed by atoms with van der Waals surface area (Å²) in [5.74, 6) is 0.834. The van der Waals surface area contributed by atoms with Crippen LogP contribution in [-0.4, -0.2) is 43.8 Å². The highest BCUT2D eigenvalue weighted by atomic mass is 16.5. The first kappa shape index (κ1) is 11.4. The Kier molecular flexibility index (Phi) is 4.42. The van der Waals surface area contributed by atoms with Gasteiger partial charge in [-0.25, -0.2) is 0 Å². The first-order valence-electron chi connectivity index (χ1n) is 6.43. The van der Waals surface area contributed by atoms with Crippen molar-refractivity contribution >= 4 is 0 Å². The van der Waals surface area contributed by atoms with Gasteiger partial charge in [0.15, 0.2) is 0 Å². The second-order valence-electron chi connectivity index (χ2n) is 4.84. The van der Waals surface area contributed by atoms with Crippen molar-refractivity contribution in [3.8, 4) is 0 Å². The highest BCUT2D eigenvalue weighted by Crippen LogP contribution is 2.27. The maximum Gasteiger partial charge on any atom is 0.0469 e. The van der Waals surface area contributed by atoms with E-state index in [4.69, 9.17) is 10.5 Å². The molecule has 0 saturated carbocycles. The van der Waals surface area contributed by atoms with Crippen LogP contribution in [0.2, 0.25) is 0 Å². The zero-order valence-corrected chi connectivity index (χ0v) is 9.66. The Morgan fingerprint density at radius 3 is 2.47 bits per heavy atom. The van der Waals surface area contributed by atoms with Crippen molar-refractivity contribution in [1.82, 2.24) is 4.90 Å². The standard InChI is InChI=1S/C12H24N2O/c13-6-3-12(14-7-1-2-8-14)11-4-9-15-10-5-11/h11-12H,1-10,13H2. The van der Waals surface area contributed by atoms with E-state index in [0.29, 0.717) is 0 Å². The maximum absolute atomic E-state index is 5.75. The summed E-state index contributed by atoms with van der Waals surface area (Å²) in [7, 11) is 0. The second-order valence-corrected chi connectivity index (χ2v) is 4.84. The minimum absolute atomic E-state index is 0.737. The Morgan fingerprint density at radius 1 is 1.20 bits per heavy atom. The molecule has 0 aromatic rings. The molecule has 0 bridgehead atoms. The number of likely N-dealkylation sites (tertiary alicyclic amines) is 1. The van der Waals surface area contributed by atoms with Gasteiger partial charge < -0.3 is 15.4 Å². The molecule has 2 N–H and O–H groups in total. The molecule has 2 aliphatic rings. The highest BCUT2D eigenvalue weighted by molar-refractivity contribution is 4.83. The van der Waals surface area contributed by atoms with Crippen molar-refractivity contribution in [2.24, 2.45) is 11.7 Å². The predicted molar refractivity (Wildman–Crippen MR) is 61.8 cm³/mol. The van der Waals surface area contributed by atoms with Gasteiger partial charge in [0.25, 0.3) is 0 Å². The summed E-state index contributed by atoms with van der Waals surface area (Å²) in [5, 5.41) is 0. The van der Waals surface area contributed by atoms with Crippen LogP contribution in [-0.2, 0) is 4.74 Å². The summed E-state index contributed by atoms with van der Waals surface area (Å²) in [6.45, 7) is 5.34. The normalized spacial score (nSPS) is 27.0. The van der Waals surface area contributed by atoms with E-state index in [9.17, 15) is 0 Å². The van der Waals surface area contributed by atoms with Gasteiger partial charge in [-0.2, -0.15) is 0 Å². The lowest BCUT2D eigenvalue weighted by Gasteiger charge is -2.36. The largest absolute Gasteiger partial charge is 0.381 e. The number of hydrogen-bond donors (Lipinski definition) is 1. The molecule has 0 radical (unpaired) electrons. The van der Waals surface area contributed by atoms with E-state index in [1.165, 1.54) is 45.2 Å². The maximum atomic E-state index is 5.75. The van der Waals surface area contributed by atoms with Gasteiger partial charge in [0.05, 0.1) is 0 Å². The molecule has 0 amide bonds. The molecule has 2 heterocycles. The second kappa shape index (κ2) is 5.83. The van der Waals surface area contributed by atoms with Crippen molar-refractivity contribution in [3.63, 3.8) is 0 Å². The van der Waals surface area contributed by atoms with Crippen LogP contribution in [0.5, 0.6) is 0 Å². The van der Waals surface area contributed by atoms with E-state index in [1.807, 2.05) is 0 Å². The van der Waals surface area contributed by atoms with E-state index in [2.05, 4.69) is 4.90 Å². The van der Waals surface area contributed by atoms with Gasteiger partial charge >= 0.3 is 0 Å². The lowest BCUT2D eigenvalue weighted by atomic mass is 9.88. The Hall–Kier alpha value is -0.120. The molecule has 0 aromatic heterocycles. The summed E-state index contributed by atoms with van der Waals surface area (Å²) >= 11 is 0. The Bertz CT molecular complexity index is 174. The molecule has 2 aliphatic heterocycles. The number of nitrogens with zero attached hydrogens (tertiary/aromatic N) is 1. The summed E-state index contributed by atoms with van der Waals surface area (Å²) in [5.41, 5.74) is 5.75. The van der Waals surface area contributed by atoms with Crippen LogP contribution in [0.1, 0.15) is 32.1 Å². The van der Waals surface area contributed by atoms with Crippen LogP contribution in [0.15, 0.2) is 0 Å². The monoisotopic (exact) mass is 212 g/mol. The van der Waals surface area contributed by atoms with Crippen molar-refractivity contribution < 1.29 is 4.74 Å². The Labute approximate surface area is 93.0 Å². The van der Waals surface area contributed by atoms with Crippen LogP contribution in [0.25, 0.3) is 0 Å². The third kappa shape index (κ3) is 2.92. The molecule has 15 heavy (non-hydrogen) atoms. The average molecular weight is 212 g/mol. The first-order chi connectivity index (χ1) is 7.42. The molecule has 1 unspecified atom stereocenters. The van der Waals surface area contributed by atoms with Gasteiger partial charge in [0.2, 0.25) is 0 Å². The minimum Gasteiger partial charge on any atom is -0.381 e. The van der Waals surface area contributed by atoms with Crippen molar-refractivity contribution in [2.45, 2.75) is 38.1 Å². The molecule has 2 rings (SSSR count). The third-order valence-corrected chi connectivity index (χ3v) is 3.88. The van der Waals surface area contributed by atoms with Gasteiger partial charge in [-0.1, -0.05) is 0 Å². The Balaban J connectivity index is 1.90. The van der Waals surface area contributed by atoms with Crippen molar-refractivity contribution in [1.29, 1.82) is 0 Å². The van der Waals surface area contributed by atoms with Crippen LogP contribution in [0, 0.1) is 5.92 Å². The lowest BCUT2D eigenvalue weighted by Crippen LogP contribution is -2.42. The summed E-state index contributed by atoms with van der Waals surface area (Å²) in [6.07, 6.45) is 6.40. The number of nitrogens with two attached hydrogens (primary N) is 1. The van der Waals surface area contributed by atoms with E-state index >= 15 is 0 Å². The summed E-state index contributed by atoms with van der Waals surface area (Å²) < 4.78 is 5.44. The number of rotatable bonds is 4. The minimum atomic E-state index is 0.737. The van der Waals surface area contributed by atoms with Crippen molar-refractivity contribution in [3.05, 3.63) is 0 Å². The number of hydrogen-bond acceptors (Lipinski definition) is 3. The van der Waals surface area contributed by atoms with Crippen LogP contribution in [0.4, 0.5) is 0 Å². The molecule has 0 spiro atoms. The average Bonchev–Trinajstić information content (AvgIpc) is 2.80. The SMILES string of the molecule is NCCC(C1CCOCC1)N1CCCC1. The Morgan fingerprint density at radius 2 is 1.87 bits per heavy atom. The van der Waals surface area contributed by atoms with E-state index in [0.717, 1.165) is 31.7 Å². The predicted octanol–water partition coefficient (Wildman–Crippen LogP) is 1.23.